The Bertz CT molecular complexity index is 811. The SMILES string of the molecule is COc1ccc(C(=O)N2CCCC[C@H]2COc2cccc(C)c2C=O)cn1.S. The van der Waals surface area contributed by atoms with Crippen LogP contribution in [0.25, 0.3) is 0 Å². The Labute approximate surface area is 172 Å². The number of aldehydes is 1. The second kappa shape index (κ2) is 10.1. The molecule has 0 unspecified atom stereocenters. The average Bonchev–Trinajstić information content (AvgIpc) is 2.72. The minimum atomic E-state index is -0.0571. The van der Waals surface area contributed by atoms with Gasteiger partial charge in [0.25, 0.3) is 5.91 Å². The first-order valence-electron chi connectivity index (χ1n) is 9.12. The van der Waals surface area contributed by atoms with E-state index < -0.39 is 0 Å². The predicted molar refractivity (Wildman–Crippen MR) is 112 cm³/mol. The zero-order valence-electron chi connectivity index (χ0n) is 16.2. The lowest BCUT2D eigenvalue weighted by Crippen LogP contribution is -2.46. The lowest BCUT2D eigenvalue weighted by atomic mass is 10.0. The zero-order chi connectivity index (χ0) is 19.2. The molecular weight excluding hydrogens is 376 g/mol. The van der Waals surface area contributed by atoms with Gasteiger partial charge in [0.15, 0.2) is 6.29 Å². The summed E-state index contributed by atoms with van der Waals surface area (Å²) in [6.45, 7) is 2.93. The van der Waals surface area contributed by atoms with E-state index in [1.807, 2.05) is 24.0 Å². The number of hydrogen-bond donors (Lipinski definition) is 0. The number of piperidine rings is 1. The number of rotatable bonds is 6. The van der Waals surface area contributed by atoms with Crippen LogP contribution in [0.15, 0.2) is 36.5 Å². The molecule has 0 N–H and O–H groups in total. The first-order valence-corrected chi connectivity index (χ1v) is 9.12. The Morgan fingerprint density at radius 2 is 2.11 bits per heavy atom. The van der Waals surface area contributed by atoms with Gasteiger partial charge in [0.1, 0.15) is 12.4 Å². The maximum absolute atomic E-state index is 12.9. The predicted octanol–water partition coefficient (Wildman–Crippen LogP) is 3.40. The summed E-state index contributed by atoms with van der Waals surface area (Å²) in [6.07, 6.45) is 5.25. The van der Waals surface area contributed by atoms with Gasteiger partial charge in [0, 0.05) is 18.8 Å². The highest BCUT2D eigenvalue weighted by atomic mass is 32.1. The fourth-order valence-corrected chi connectivity index (χ4v) is 3.35. The standard InChI is InChI=1S/C21H24N2O4.H2S/c1-15-6-5-8-19(18(15)13-24)27-14-17-7-3-4-11-23(17)21(25)16-9-10-20(26-2)22-12-16;/h5-6,8-10,12-13,17H,3-4,7,11,14H2,1-2H3;1H2/t17-;/m0./s1. The van der Waals surface area contributed by atoms with Crippen molar-refractivity contribution in [2.24, 2.45) is 0 Å². The Kier molecular flexibility index (Phi) is 7.87. The van der Waals surface area contributed by atoms with Crippen molar-refractivity contribution in [2.45, 2.75) is 32.2 Å². The molecule has 28 heavy (non-hydrogen) atoms. The largest absolute Gasteiger partial charge is 0.491 e. The van der Waals surface area contributed by atoms with E-state index in [1.165, 1.54) is 0 Å². The highest BCUT2D eigenvalue weighted by Crippen LogP contribution is 2.24. The molecular formula is C21H26N2O4S. The summed E-state index contributed by atoms with van der Waals surface area (Å²) in [6, 6.07) is 8.92. The van der Waals surface area contributed by atoms with E-state index in [0.717, 1.165) is 31.1 Å². The van der Waals surface area contributed by atoms with Gasteiger partial charge in [0.2, 0.25) is 5.88 Å². The quantitative estimate of drug-likeness (QED) is 0.693. The molecule has 1 amide bonds. The molecule has 1 aliphatic heterocycles. The van der Waals surface area contributed by atoms with Crippen LogP contribution in [0.4, 0.5) is 0 Å². The van der Waals surface area contributed by atoms with Gasteiger partial charge in [-0.2, -0.15) is 13.5 Å². The number of methoxy groups -OCH3 is 1. The monoisotopic (exact) mass is 402 g/mol. The van der Waals surface area contributed by atoms with Crippen molar-refractivity contribution in [1.82, 2.24) is 9.88 Å². The van der Waals surface area contributed by atoms with Crippen molar-refractivity contribution < 1.29 is 19.1 Å². The fourth-order valence-electron chi connectivity index (χ4n) is 3.35. The van der Waals surface area contributed by atoms with Gasteiger partial charge < -0.3 is 14.4 Å². The summed E-state index contributed by atoms with van der Waals surface area (Å²) in [5.41, 5.74) is 1.97. The molecule has 0 saturated carbocycles. The number of carbonyl (C=O) groups excluding carboxylic acids is 2. The van der Waals surface area contributed by atoms with Crippen molar-refractivity contribution in [3.8, 4) is 11.6 Å². The molecule has 1 saturated heterocycles. The van der Waals surface area contributed by atoms with Crippen LogP contribution in [-0.4, -0.2) is 48.4 Å². The molecule has 6 nitrogen and oxygen atoms in total. The van der Waals surface area contributed by atoms with E-state index in [0.29, 0.717) is 35.9 Å². The Morgan fingerprint density at radius 3 is 2.79 bits per heavy atom. The third-order valence-corrected chi connectivity index (χ3v) is 4.91. The number of hydrogen-bond acceptors (Lipinski definition) is 5. The van der Waals surface area contributed by atoms with Crippen molar-refractivity contribution in [3.63, 3.8) is 0 Å². The molecule has 1 aromatic heterocycles. The molecule has 7 heteroatoms. The number of nitrogens with zero attached hydrogens (tertiary/aromatic N) is 2. The minimum Gasteiger partial charge on any atom is -0.491 e. The Hall–Kier alpha value is -2.54. The molecule has 1 aromatic carbocycles. The maximum Gasteiger partial charge on any atom is 0.255 e. The van der Waals surface area contributed by atoms with Gasteiger partial charge in [-0.1, -0.05) is 12.1 Å². The van der Waals surface area contributed by atoms with E-state index in [1.54, 1.807) is 31.5 Å². The second-order valence-corrected chi connectivity index (χ2v) is 6.65. The number of likely N-dealkylation sites (tertiary alicyclic amines) is 1. The molecule has 2 aromatic rings. The molecule has 0 bridgehead atoms. The molecule has 0 radical (unpaired) electrons. The van der Waals surface area contributed by atoms with Crippen LogP contribution in [0.3, 0.4) is 0 Å². The lowest BCUT2D eigenvalue weighted by molar-refractivity contribution is 0.0526. The summed E-state index contributed by atoms with van der Waals surface area (Å²) in [4.78, 5) is 30.3. The first kappa shape index (κ1) is 21.8. The van der Waals surface area contributed by atoms with Crippen molar-refractivity contribution in [2.75, 3.05) is 20.3 Å². The van der Waals surface area contributed by atoms with E-state index >= 15 is 0 Å². The third-order valence-electron chi connectivity index (χ3n) is 4.91. The number of carbonyl (C=O) groups is 2. The smallest absolute Gasteiger partial charge is 0.255 e. The van der Waals surface area contributed by atoms with Crippen LogP contribution < -0.4 is 9.47 Å². The summed E-state index contributed by atoms with van der Waals surface area (Å²) in [5.74, 6) is 0.985. The van der Waals surface area contributed by atoms with Crippen LogP contribution in [0, 0.1) is 6.92 Å². The molecule has 1 atom stereocenters. The highest BCUT2D eigenvalue weighted by molar-refractivity contribution is 7.59. The molecule has 1 fully saturated rings. The second-order valence-electron chi connectivity index (χ2n) is 6.65. The summed E-state index contributed by atoms with van der Waals surface area (Å²) in [7, 11) is 1.54. The molecule has 3 rings (SSSR count). The Balaban J connectivity index is 0.00000280. The van der Waals surface area contributed by atoms with Gasteiger partial charge in [-0.3, -0.25) is 9.59 Å². The van der Waals surface area contributed by atoms with Gasteiger partial charge in [0.05, 0.1) is 24.3 Å². The summed E-state index contributed by atoms with van der Waals surface area (Å²) in [5, 5.41) is 0. The molecule has 150 valence electrons. The van der Waals surface area contributed by atoms with Gasteiger partial charge >= 0.3 is 0 Å². The molecule has 1 aliphatic rings. The van der Waals surface area contributed by atoms with E-state index in [2.05, 4.69) is 4.98 Å². The summed E-state index contributed by atoms with van der Waals surface area (Å²) >= 11 is 0. The van der Waals surface area contributed by atoms with Crippen molar-refractivity contribution in [3.05, 3.63) is 53.2 Å². The van der Waals surface area contributed by atoms with Crippen LogP contribution >= 0.6 is 13.5 Å². The van der Waals surface area contributed by atoms with E-state index in [9.17, 15) is 9.59 Å². The Morgan fingerprint density at radius 1 is 1.29 bits per heavy atom. The van der Waals surface area contributed by atoms with E-state index in [4.69, 9.17) is 9.47 Å². The minimum absolute atomic E-state index is 0. The molecule has 0 spiro atoms. The third kappa shape index (κ3) is 4.84. The average molecular weight is 403 g/mol. The first-order chi connectivity index (χ1) is 13.1. The maximum atomic E-state index is 12.9. The van der Waals surface area contributed by atoms with Crippen molar-refractivity contribution in [1.29, 1.82) is 0 Å². The number of aromatic nitrogens is 1. The number of amides is 1. The van der Waals surface area contributed by atoms with Crippen LogP contribution in [0.2, 0.25) is 0 Å². The molecule has 0 aliphatic carbocycles. The van der Waals surface area contributed by atoms with Crippen LogP contribution in [0.1, 0.15) is 45.5 Å². The number of ether oxygens (including phenoxy) is 2. The number of aryl methyl sites for hydroxylation is 1. The normalized spacial score (nSPS) is 16.1. The zero-order valence-corrected chi connectivity index (χ0v) is 17.2. The van der Waals surface area contributed by atoms with E-state index in [-0.39, 0.29) is 25.4 Å². The van der Waals surface area contributed by atoms with Crippen LogP contribution in [-0.2, 0) is 0 Å². The van der Waals surface area contributed by atoms with Gasteiger partial charge in [-0.05, 0) is 43.9 Å². The van der Waals surface area contributed by atoms with Crippen molar-refractivity contribution >= 4 is 25.7 Å². The highest BCUT2D eigenvalue weighted by Gasteiger charge is 2.28. The molecule has 2 heterocycles. The number of pyridine rings is 1. The number of benzene rings is 1. The fraction of sp³-hybridized carbons (Fsp3) is 0.381. The van der Waals surface area contributed by atoms with Gasteiger partial charge in [-0.15, -0.1) is 0 Å². The lowest BCUT2D eigenvalue weighted by Gasteiger charge is -2.35. The topological polar surface area (TPSA) is 68.7 Å². The summed E-state index contributed by atoms with van der Waals surface area (Å²) < 4.78 is 11.0. The van der Waals surface area contributed by atoms with Gasteiger partial charge in [-0.25, -0.2) is 4.98 Å². The van der Waals surface area contributed by atoms with Crippen LogP contribution in [0.5, 0.6) is 11.6 Å².